The van der Waals surface area contributed by atoms with Gasteiger partial charge < -0.3 is 10.1 Å². The predicted octanol–water partition coefficient (Wildman–Crippen LogP) is 2.12. The molecule has 1 aromatic carbocycles. The fourth-order valence-electron chi connectivity index (χ4n) is 4.68. The molecule has 4 rings (SSSR count). The average molecular weight is 429 g/mol. The monoisotopic (exact) mass is 429 g/mol. The van der Waals surface area contributed by atoms with Gasteiger partial charge in [-0.15, -0.1) is 5.10 Å². The number of aromatic nitrogens is 3. The molecule has 0 bridgehead atoms. The van der Waals surface area contributed by atoms with Gasteiger partial charge in [-0.3, -0.25) is 9.69 Å². The molecule has 1 amide bonds. The number of esters is 1. The van der Waals surface area contributed by atoms with Crippen molar-refractivity contribution in [2.24, 2.45) is 0 Å². The van der Waals surface area contributed by atoms with E-state index in [2.05, 4.69) is 20.5 Å². The minimum absolute atomic E-state index is 0.00446. The summed E-state index contributed by atoms with van der Waals surface area (Å²) in [7, 11) is 1.31. The van der Waals surface area contributed by atoms with Crippen molar-refractivity contribution in [3.05, 3.63) is 47.5 Å². The van der Waals surface area contributed by atoms with Crippen LogP contribution in [0.3, 0.4) is 0 Å². The molecule has 1 aliphatic heterocycles. The smallest absolute Gasteiger partial charge is 0.360 e. The molecule has 2 fully saturated rings. The van der Waals surface area contributed by atoms with Crippen molar-refractivity contribution in [3.8, 4) is 0 Å². The first-order chi connectivity index (χ1) is 15.0. The quantitative estimate of drug-likeness (QED) is 0.679. The fraction of sp³-hybridized carbons (Fsp3) is 0.545. The molecule has 0 unspecified atom stereocenters. The zero-order valence-corrected chi connectivity index (χ0v) is 17.7. The lowest BCUT2D eigenvalue weighted by Gasteiger charge is -2.29. The van der Waals surface area contributed by atoms with E-state index in [1.807, 2.05) is 0 Å². The minimum atomic E-state index is -0.521. The molecule has 2 atom stereocenters. The van der Waals surface area contributed by atoms with Crippen LogP contribution in [0.15, 0.2) is 30.5 Å². The van der Waals surface area contributed by atoms with Crippen LogP contribution >= 0.6 is 0 Å². The van der Waals surface area contributed by atoms with Gasteiger partial charge in [0.1, 0.15) is 5.82 Å². The molecule has 1 N–H and O–H groups in total. The maximum atomic E-state index is 13.1. The van der Waals surface area contributed by atoms with Crippen LogP contribution in [0.1, 0.15) is 54.2 Å². The fourth-order valence-corrected chi connectivity index (χ4v) is 4.68. The van der Waals surface area contributed by atoms with Crippen LogP contribution in [0.5, 0.6) is 0 Å². The lowest BCUT2D eigenvalue weighted by molar-refractivity contribution is -0.126. The second-order valence-corrected chi connectivity index (χ2v) is 8.28. The van der Waals surface area contributed by atoms with E-state index in [0.29, 0.717) is 32.0 Å². The van der Waals surface area contributed by atoms with Gasteiger partial charge in [-0.05, 0) is 43.4 Å². The summed E-state index contributed by atoms with van der Waals surface area (Å²) < 4.78 is 19.5. The Bertz CT molecular complexity index is 910. The van der Waals surface area contributed by atoms with Crippen molar-refractivity contribution in [3.63, 3.8) is 0 Å². The third kappa shape index (κ3) is 4.92. The number of hydrogen-bond donors (Lipinski definition) is 1. The number of halogens is 1. The number of nitrogens with zero attached hydrogens (tertiary/aromatic N) is 4. The first kappa shape index (κ1) is 21.4. The number of likely N-dealkylation sites (tertiary alicyclic amines) is 1. The molecule has 2 aromatic rings. The third-order valence-electron chi connectivity index (χ3n) is 6.32. The van der Waals surface area contributed by atoms with Gasteiger partial charge in [0.05, 0.1) is 25.4 Å². The number of carbonyl (C=O) groups is 2. The van der Waals surface area contributed by atoms with Gasteiger partial charge in [-0.25, -0.2) is 13.9 Å². The predicted molar refractivity (Wildman–Crippen MR) is 111 cm³/mol. The Morgan fingerprint density at radius 3 is 2.65 bits per heavy atom. The van der Waals surface area contributed by atoms with Crippen LogP contribution in [-0.2, 0) is 16.0 Å². The molecule has 1 aliphatic carbocycles. The van der Waals surface area contributed by atoms with Crippen LogP contribution < -0.4 is 5.32 Å². The highest BCUT2D eigenvalue weighted by atomic mass is 19.1. The summed E-state index contributed by atoms with van der Waals surface area (Å²) >= 11 is 0. The van der Waals surface area contributed by atoms with E-state index in [-0.39, 0.29) is 29.5 Å². The van der Waals surface area contributed by atoms with Crippen molar-refractivity contribution in [2.75, 3.05) is 20.2 Å². The minimum Gasteiger partial charge on any atom is -0.464 e. The molecule has 1 aromatic heterocycles. The van der Waals surface area contributed by atoms with E-state index in [4.69, 9.17) is 4.74 Å². The number of benzene rings is 1. The van der Waals surface area contributed by atoms with Gasteiger partial charge in [-0.2, -0.15) is 0 Å². The molecule has 1 saturated carbocycles. The Kier molecular flexibility index (Phi) is 6.60. The summed E-state index contributed by atoms with van der Waals surface area (Å²) in [4.78, 5) is 27.1. The van der Waals surface area contributed by atoms with E-state index >= 15 is 0 Å². The molecular formula is C22H28FN5O3. The van der Waals surface area contributed by atoms with Crippen molar-refractivity contribution in [1.29, 1.82) is 0 Å². The van der Waals surface area contributed by atoms with Crippen molar-refractivity contribution < 1.29 is 18.7 Å². The Balaban J connectivity index is 1.41. The number of hydrogen-bond acceptors (Lipinski definition) is 6. The molecule has 0 spiro atoms. The molecular weight excluding hydrogens is 401 g/mol. The summed E-state index contributed by atoms with van der Waals surface area (Å²) in [5.74, 6) is -0.780. The van der Waals surface area contributed by atoms with Crippen molar-refractivity contribution >= 4 is 11.9 Å². The van der Waals surface area contributed by atoms with E-state index in [9.17, 15) is 14.0 Å². The Hall–Kier alpha value is -2.81. The molecule has 1 saturated heterocycles. The van der Waals surface area contributed by atoms with E-state index in [0.717, 1.165) is 18.4 Å². The topological polar surface area (TPSA) is 89.4 Å². The van der Waals surface area contributed by atoms with E-state index in [1.54, 1.807) is 23.0 Å². The number of rotatable bonds is 7. The summed E-state index contributed by atoms with van der Waals surface area (Å²) in [5, 5.41) is 11.1. The van der Waals surface area contributed by atoms with Gasteiger partial charge in [-0.1, -0.05) is 30.2 Å². The number of ether oxygens (including phenoxy) is 1. The maximum absolute atomic E-state index is 13.1. The molecule has 2 aliphatic rings. The molecule has 8 nitrogen and oxygen atoms in total. The number of methoxy groups -OCH3 is 1. The molecule has 9 heteroatoms. The highest BCUT2D eigenvalue weighted by Gasteiger charge is 2.42. The van der Waals surface area contributed by atoms with Crippen LogP contribution in [0.25, 0.3) is 0 Å². The molecule has 31 heavy (non-hydrogen) atoms. The lowest BCUT2D eigenvalue weighted by atomic mass is 10.1. The maximum Gasteiger partial charge on any atom is 0.360 e. The summed E-state index contributed by atoms with van der Waals surface area (Å²) in [5.41, 5.74) is 1.15. The van der Waals surface area contributed by atoms with Gasteiger partial charge in [0, 0.05) is 19.1 Å². The van der Waals surface area contributed by atoms with E-state index in [1.165, 1.54) is 32.1 Å². The van der Waals surface area contributed by atoms with Crippen molar-refractivity contribution in [2.45, 2.75) is 56.7 Å². The zero-order chi connectivity index (χ0) is 21.8. The van der Waals surface area contributed by atoms with Crippen LogP contribution in [0, 0.1) is 5.82 Å². The van der Waals surface area contributed by atoms with Gasteiger partial charge in [0.2, 0.25) is 5.91 Å². The molecule has 2 heterocycles. The lowest BCUT2D eigenvalue weighted by Crippen LogP contribution is -2.47. The van der Waals surface area contributed by atoms with Crippen molar-refractivity contribution in [1.82, 2.24) is 25.2 Å². The first-order valence-corrected chi connectivity index (χ1v) is 10.8. The summed E-state index contributed by atoms with van der Waals surface area (Å²) in [6.07, 6.45) is 7.41. The molecule has 166 valence electrons. The third-order valence-corrected chi connectivity index (χ3v) is 6.32. The number of nitrogens with one attached hydrogen (secondary N) is 1. The van der Waals surface area contributed by atoms with Crippen LogP contribution in [-0.4, -0.2) is 64.1 Å². The Morgan fingerprint density at radius 2 is 1.94 bits per heavy atom. The van der Waals surface area contributed by atoms with Gasteiger partial charge >= 0.3 is 5.97 Å². The second-order valence-electron chi connectivity index (χ2n) is 8.28. The largest absolute Gasteiger partial charge is 0.464 e. The molecule has 0 radical (unpaired) electrons. The van der Waals surface area contributed by atoms with Crippen LogP contribution in [0.2, 0.25) is 0 Å². The Morgan fingerprint density at radius 1 is 1.19 bits per heavy atom. The normalized spacial score (nSPS) is 22.0. The highest BCUT2D eigenvalue weighted by molar-refractivity contribution is 5.86. The summed E-state index contributed by atoms with van der Waals surface area (Å²) in [6, 6.07) is 6.46. The van der Waals surface area contributed by atoms with E-state index < -0.39 is 5.97 Å². The number of carbonyl (C=O) groups excluding carboxylic acids is 2. The first-order valence-electron chi connectivity index (χ1n) is 10.8. The number of amides is 1. The zero-order valence-electron chi connectivity index (χ0n) is 17.7. The van der Waals surface area contributed by atoms with Gasteiger partial charge in [0.25, 0.3) is 0 Å². The van der Waals surface area contributed by atoms with Gasteiger partial charge in [0.15, 0.2) is 5.69 Å². The second kappa shape index (κ2) is 9.55. The standard InChI is InChI=1S/C22H28FN5O3/c1-31-22(30)19-14-28(26-25-19)18-12-20(27(13-18)17-4-2-3-5-17)21(29)24-11-10-15-6-8-16(23)9-7-15/h6-9,14,17-18,20H,2-5,10-13H2,1H3,(H,24,29)/t18-,20-/m0/s1. The highest BCUT2D eigenvalue weighted by Crippen LogP contribution is 2.34. The average Bonchev–Trinajstić information content (AvgIpc) is 3.54. The SMILES string of the molecule is COC(=O)c1cn([C@H]2C[C@@H](C(=O)NCCc3ccc(F)cc3)N(C3CCCC3)C2)nn1. The van der Waals surface area contributed by atoms with Crippen LogP contribution in [0.4, 0.5) is 4.39 Å². The summed E-state index contributed by atoms with van der Waals surface area (Å²) in [6.45, 7) is 1.20. The Labute approximate surface area is 180 Å².